The summed E-state index contributed by atoms with van der Waals surface area (Å²) in [5, 5.41) is 6.53. The van der Waals surface area contributed by atoms with Crippen LogP contribution >= 0.6 is 0 Å². The number of carbonyl (C=O) groups is 1. The van der Waals surface area contributed by atoms with Crippen molar-refractivity contribution in [2.24, 2.45) is 0 Å². The zero-order valence-corrected chi connectivity index (χ0v) is 7.72. The van der Waals surface area contributed by atoms with Gasteiger partial charge in [0.1, 0.15) is 0 Å². The minimum atomic E-state index is -0.443. The predicted molar refractivity (Wildman–Crippen MR) is 44.9 cm³/mol. The van der Waals surface area contributed by atoms with Gasteiger partial charge in [-0.15, -0.1) is 0 Å². The standard InChI is InChI=1S/C7H14BNO3/c1-7(2,3)12-6(10)4-5-11-8-9/h9H,4-5H2,1-3H3. The Morgan fingerprint density at radius 1 is 1.50 bits per heavy atom. The van der Waals surface area contributed by atoms with Crippen molar-refractivity contribution in [3.05, 3.63) is 0 Å². The molecule has 0 spiro atoms. The van der Waals surface area contributed by atoms with Gasteiger partial charge in [-0.25, -0.2) is 0 Å². The molecule has 12 heavy (non-hydrogen) atoms. The molecule has 0 aliphatic rings. The van der Waals surface area contributed by atoms with Gasteiger partial charge in [-0.2, -0.15) is 0 Å². The summed E-state index contributed by atoms with van der Waals surface area (Å²) >= 11 is 0. The van der Waals surface area contributed by atoms with Crippen molar-refractivity contribution in [3.63, 3.8) is 0 Å². The van der Waals surface area contributed by atoms with Crippen molar-refractivity contribution in [2.75, 3.05) is 6.61 Å². The Bertz CT molecular complexity index is 165. The second kappa shape index (κ2) is 4.90. The van der Waals surface area contributed by atoms with Crippen LogP contribution in [0.3, 0.4) is 0 Å². The van der Waals surface area contributed by atoms with Crippen LogP contribution < -0.4 is 0 Å². The first-order chi connectivity index (χ1) is 5.45. The van der Waals surface area contributed by atoms with E-state index in [9.17, 15) is 4.79 Å². The maximum atomic E-state index is 11.0. The summed E-state index contributed by atoms with van der Waals surface area (Å²) in [5.41, 5.74) is -0.443. The molecule has 5 heteroatoms. The molecule has 0 amide bonds. The van der Waals surface area contributed by atoms with Crippen molar-refractivity contribution in [2.45, 2.75) is 32.8 Å². The van der Waals surface area contributed by atoms with Crippen molar-refractivity contribution in [1.29, 1.82) is 5.31 Å². The van der Waals surface area contributed by atoms with E-state index >= 15 is 0 Å². The molecule has 0 aromatic carbocycles. The van der Waals surface area contributed by atoms with E-state index < -0.39 is 5.60 Å². The van der Waals surface area contributed by atoms with Crippen LogP contribution in [0.25, 0.3) is 0 Å². The van der Waals surface area contributed by atoms with Gasteiger partial charge in [0, 0.05) is 0 Å². The summed E-state index contributed by atoms with van der Waals surface area (Å²) in [7, 11) is 0.810. The van der Waals surface area contributed by atoms with Gasteiger partial charge >= 0.3 is 72.1 Å². The van der Waals surface area contributed by atoms with Crippen LogP contribution in [0.4, 0.5) is 0 Å². The summed E-state index contributed by atoms with van der Waals surface area (Å²) in [6.45, 7) is 5.63. The Balaban J connectivity index is 3.53. The Kier molecular flexibility index (Phi) is 4.55. The SMILES string of the molecule is CC(C)(C)OC(=O)CCOB=N. The van der Waals surface area contributed by atoms with E-state index in [0.717, 1.165) is 7.27 Å². The molecule has 0 bridgehead atoms. The molecule has 4 nitrogen and oxygen atoms in total. The normalized spacial score (nSPS) is 10.2. The van der Waals surface area contributed by atoms with Gasteiger partial charge in [0.25, 0.3) is 0 Å². The van der Waals surface area contributed by atoms with E-state index in [0.29, 0.717) is 0 Å². The molecule has 0 radical (unpaired) electrons. The van der Waals surface area contributed by atoms with Gasteiger partial charge < -0.3 is 0 Å². The van der Waals surface area contributed by atoms with Gasteiger partial charge in [0.05, 0.1) is 0 Å². The summed E-state index contributed by atoms with van der Waals surface area (Å²) in [4.78, 5) is 11.0. The Morgan fingerprint density at radius 2 is 2.08 bits per heavy atom. The van der Waals surface area contributed by atoms with Crippen molar-refractivity contribution < 1.29 is 14.2 Å². The fraction of sp³-hybridized carbons (Fsp3) is 0.857. The van der Waals surface area contributed by atoms with Gasteiger partial charge in [-0.3, -0.25) is 0 Å². The van der Waals surface area contributed by atoms with Gasteiger partial charge in [-0.1, -0.05) is 0 Å². The van der Waals surface area contributed by atoms with Crippen LogP contribution in [-0.2, 0) is 14.2 Å². The summed E-state index contributed by atoms with van der Waals surface area (Å²) < 4.78 is 9.55. The van der Waals surface area contributed by atoms with Crippen LogP contribution in [0.15, 0.2) is 0 Å². The molecular weight excluding hydrogens is 157 g/mol. The number of esters is 1. The first-order valence-electron chi connectivity index (χ1n) is 3.78. The van der Waals surface area contributed by atoms with Crippen LogP contribution in [0.5, 0.6) is 0 Å². The van der Waals surface area contributed by atoms with Gasteiger partial charge in [0.15, 0.2) is 0 Å². The van der Waals surface area contributed by atoms with Crippen LogP contribution in [0, 0.1) is 5.31 Å². The molecule has 68 valence electrons. The fourth-order valence-corrected chi connectivity index (χ4v) is 0.594. The predicted octanol–water partition coefficient (Wildman–Crippen LogP) is 1.12. The summed E-state index contributed by atoms with van der Waals surface area (Å²) in [6, 6.07) is 0. The molecular formula is C7H14BNO3. The molecule has 0 aromatic rings. The van der Waals surface area contributed by atoms with Crippen LogP contribution in [0.2, 0.25) is 0 Å². The number of carbonyl (C=O) groups excluding carboxylic acids is 1. The molecule has 0 rings (SSSR count). The number of hydrogen-bond acceptors (Lipinski definition) is 4. The molecule has 0 unspecified atom stereocenters. The molecule has 0 saturated carbocycles. The van der Waals surface area contributed by atoms with E-state index in [2.05, 4.69) is 4.65 Å². The topological polar surface area (TPSA) is 59.4 Å². The molecule has 0 aliphatic heterocycles. The first-order valence-corrected chi connectivity index (χ1v) is 3.78. The van der Waals surface area contributed by atoms with Gasteiger partial charge in [0.2, 0.25) is 0 Å². The van der Waals surface area contributed by atoms with Crippen molar-refractivity contribution in [3.8, 4) is 0 Å². The zero-order chi connectivity index (χ0) is 9.61. The fourth-order valence-electron chi connectivity index (χ4n) is 0.594. The van der Waals surface area contributed by atoms with E-state index in [-0.39, 0.29) is 19.0 Å². The third-order valence-corrected chi connectivity index (χ3v) is 0.927. The third kappa shape index (κ3) is 7.24. The van der Waals surface area contributed by atoms with E-state index in [1.54, 1.807) is 0 Å². The Hall–Kier alpha value is -0.865. The Labute approximate surface area is 73.0 Å². The molecule has 0 atom stereocenters. The third-order valence-electron chi connectivity index (χ3n) is 0.927. The number of nitrogens with one attached hydrogen (secondary N) is 1. The summed E-state index contributed by atoms with van der Waals surface area (Å²) in [6.07, 6.45) is 0.187. The number of rotatable bonds is 4. The van der Waals surface area contributed by atoms with Crippen LogP contribution in [0.1, 0.15) is 27.2 Å². The van der Waals surface area contributed by atoms with Crippen molar-refractivity contribution >= 4 is 13.2 Å². The summed E-state index contributed by atoms with van der Waals surface area (Å²) in [5.74, 6) is -0.302. The first kappa shape index (κ1) is 11.1. The average Bonchev–Trinajstić information content (AvgIpc) is 1.84. The molecule has 0 heterocycles. The molecule has 0 saturated heterocycles. The van der Waals surface area contributed by atoms with E-state index in [1.165, 1.54) is 0 Å². The van der Waals surface area contributed by atoms with Gasteiger partial charge in [-0.05, 0) is 0 Å². The second-order valence-corrected chi connectivity index (χ2v) is 3.33. The molecule has 0 aromatic heterocycles. The van der Waals surface area contributed by atoms with Crippen LogP contribution in [-0.4, -0.2) is 25.5 Å². The number of ether oxygens (including phenoxy) is 1. The quantitative estimate of drug-likeness (QED) is 0.391. The maximum absolute atomic E-state index is 11.0. The minimum absolute atomic E-state index is 0.187. The average molecular weight is 171 g/mol. The zero-order valence-electron chi connectivity index (χ0n) is 7.72. The number of hydrogen-bond donors (Lipinski definition) is 1. The van der Waals surface area contributed by atoms with E-state index in [1.807, 2.05) is 20.8 Å². The Morgan fingerprint density at radius 3 is 2.50 bits per heavy atom. The van der Waals surface area contributed by atoms with E-state index in [4.69, 9.17) is 10.0 Å². The molecule has 0 fully saturated rings. The van der Waals surface area contributed by atoms with Crippen molar-refractivity contribution in [1.82, 2.24) is 0 Å². The molecule has 1 N–H and O–H groups in total. The molecule has 0 aliphatic carbocycles. The second-order valence-electron chi connectivity index (χ2n) is 3.33. The monoisotopic (exact) mass is 171 g/mol.